The van der Waals surface area contributed by atoms with Crippen molar-refractivity contribution in [3.63, 3.8) is 0 Å². The molecule has 0 saturated heterocycles. The molecule has 0 radical (unpaired) electrons. The van der Waals surface area contributed by atoms with Crippen molar-refractivity contribution in [1.29, 1.82) is 0 Å². The Morgan fingerprint density at radius 3 is 2.33 bits per heavy atom. The molecule has 0 N–H and O–H groups in total. The maximum Gasteiger partial charge on any atom is 0.215 e. The van der Waals surface area contributed by atoms with Gasteiger partial charge in [0, 0.05) is 5.56 Å². The number of hydrogen-bond donors (Lipinski definition) is 0. The molecule has 1 aliphatic rings. The first-order valence-corrected chi connectivity index (χ1v) is 7.53. The number of hydrogen-bond acceptors (Lipinski definition) is 1. The van der Waals surface area contributed by atoms with Crippen LogP contribution in [0.2, 0.25) is 0 Å². The molecule has 2 aromatic carbocycles. The van der Waals surface area contributed by atoms with E-state index in [0.29, 0.717) is 6.04 Å². The Morgan fingerprint density at radius 2 is 1.67 bits per heavy atom. The minimum absolute atomic E-state index is 0.421. The van der Waals surface area contributed by atoms with Gasteiger partial charge in [-0.05, 0) is 31.0 Å². The molecule has 0 aliphatic carbocycles. The Morgan fingerprint density at radius 1 is 1.00 bits per heavy atom. The quantitative estimate of drug-likeness (QED) is 0.759. The highest BCUT2D eigenvalue weighted by molar-refractivity contribution is 5.99. The van der Waals surface area contributed by atoms with E-state index in [1.165, 1.54) is 28.0 Å². The Hall–Kier alpha value is -2.09. The van der Waals surface area contributed by atoms with Gasteiger partial charge in [0.2, 0.25) is 5.71 Å². The van der Waals surface area contributed by atoms with Gasteiger partial charge in [-0.25, -0.2) is 0 Å². The number of nitrogens with zero attached hydrogens (tertiary/aromatic N) is 2. The van der Waals surface area contributed by atoms with Gasteiger partial charge in [-0.3, -0.25) is 0 Å². The smallest absolute Gasteiger partial charge is 0.181 e. The number of benzene rings is 2. The first-order chi connectivity index (χ1) is 10.1. The Labute approximate surface area is 127 Å². The zero-order valence-corrected chi connectivity index (χ0v) is 13.3. The van der Waals surface area contributed by atoms with Gasteiger partial charge < -0.3 is 0 Å². The summed E-state index contributed by atoms with van der Waals surface area (Å²) in [5, 5.41) is 2.34. The molecule has 108 valence electrons. The maximum absolute atomic E-state index is 2.34. The highest BCUT2D eigenvalue weighted by atomic mass is 15.6. The summed E-state index contributed by atoms with van der Waals surface area (Å²) in [7, 11) is 4.34. The highest BCUT2D eigenvalue weighted by Crippen LogP contribution is 2.31. The maximum atomic E-state index is 2.34. The molecule has 0 saturated carbocycles. The van der Waals surface area contributed by atoms with Crippen molar-refractivity contribution < 1.29 is 4.68 Å². The topological polar surface area (TPSA) is 6.25 Å². The predicted octanol–water partition coefficient (Wildman–Crippen LogP) is 3.73. The van der Waals surface area contributed by atoms with Crippen LogP contribution in [0.5, 0.6) is 0 Å². The first kappa shape index (κ1) is 13.9. The van der Waals surface area contributed by atoms with Gasteiger partial charge in [-0.15, -0.1) is 4.68 Å². The van der Waals surface area contributed by atoms with E-state index < -0.39 is 0 Å². The molecule has 1 aliphatic heterocycles. The summed E-state index contributed by atoms with van der Waals surface area (Å²) in [5.41, 5.74) is 6.81. The van der Waals surface area contributed by atoms with E-state index in [2.05, 4.69) is 86.2 Å². The zero-order chi connectivity index (χ0) is 15.0. The monoisotopic (exact) mass is 279 g/mol. The second kappa shape index (κ2) is 5.36. The van der Waals surface area contributed by atoms with Crippen LogP contribution in [0, 0.1) is 13.8 Å². The van der Waals surface area contributed by atoms with Crippen LogP contribution in [0.15, 0.2) is 48.5 Å². The van der Waals surface area contributed by atoms with Crippen molar-refractivity contribution in [1.82, 2.24) is 5.01 Å². The van der Waals surface area contributed by atoms with Crippen LogP contribution in [-0.4, -0.2) is 29.5 Å². The SMILES string of the molecule is Cc1ccc(C2CC(c3ccccc3C)=[N+](C)N2C)cc1. The van der Waals surface area contributed by atoms with Gasteiger partial charge in [0.15, 0.2) is 7.05 Å². The number of hydrazone groups is 1. The molecule has 1 heterocycles. The lowest BCUT2D eigenvalue weighted by Crippen LogP contribution is -2.27. The Balaban J connectivity index is 1.95. The van der Waals surface area contributed by atoms with Crippen LogP contribution in [0.4, 0.5) is 0 Å². The van der Waals surface area contributed by atoms with E-state index in [4.69, 9.17) is 0 Å². The second-order valence-corrected chi connectivity index (χ2v) is 5.99. The highest BCUT2D eigenvalue weighted by Gasteiger charge is 2.36. The second-order valence-electron chi connectivity index (χ2n) is 5.99. The van der Waals surface area contributed by atoms with Gasteiger partial charge in [-0.1, -0.05) is 48.0 Å². The largest absolute Gasteiger partial charge is 0.215 e. The predicted molar refractivity (Wildman–Crippen MR) is 87.8 cm³/mol. The third-order valence-corrected chi connectivity index (χ3v) is 4.62. The molecule has 1 atom stereocenters. The van der Waals surface area contributed by atoms with Gasteiger partial charge in [-0.2, -0.15) is 5.01 Å². The molecule has 1 unspecified atom stereocenters. The van der Waals surface area contributed by atoms with E-state index in [-0.39, 0.29) is 0 Å². The van der Waals surface area contributed by atoms with Crippen LogP contribution in [0.25, 0.3) is 0 Å². The zero-order valence-electron chi connectivity index (χ0n) is 13.3. The van der Waals surface area contributed by atoms with Crippen molar-refractivity contribution in [2.75, 3.05) is 14.1 Å². The summed E-state index contributed by atoms with van der Waals surface area (Å²) in [6.45, 7) is 4.33. The van der Waals surface area contributed by atoms with E-state index in [9.17, 15) is 0 Å². The van der Waals surface area contributed by atoms with Crippen LogP contribution in [0.3, 0.4) is 0 Å². The summed E-state index contributed by atoms with van der Waals surface area (Å²) in [6.07, 6.45) is 1.06. The van der Waals surface area contributed by atoms with E-state index >= 15 is 0 Å². The fourth-order valence-electron chi connectivity index (χ4n) is 3.15. The molecule has 21 heavy (non-hydrogen) atoms. The molecule has 2 heteroatoms. The lowest BCUT2D eigenvalue weighted by atomic mass is 9.96. The number of hydrazine groups is 1. The van der Waals surface area contributed by atoms with Crippen molar-refractivity contribution >= 4 is 5.71 Å². The summed E-state index contributed by atoms with van der Waals surface area (Å²) >= 11 is 0. The first-order valence-electron chi connectivity index (χ1n) is 7.53. The summed E-state index contributed by atoms with van der Waals surface area (Å²) in [5.74, 6) is 0. The van der Waals surface area contributed by atoms with Gasteiger partial charge in [0.25, 0.3) is 0 Å². The summed E-state index contributed by atoms with van der Waals surface area (Å²) < 4.78 is 2.30. The molecule has 0 spiro atoms. The molecular weight excluding hydrogens is 256 g/mol. The fraction of sp³-hybridized carbons (Fsp3) is 0.316. The molecule has 2 nitrogen and oxygen atoms in total. The van der Waals surface area contributed by atoms with Crippen LogP contribution in [0.1, 0.15) is 34.7 Å². The number of rotatable bonds is 2. The molecular formula is C19H23N2+. The van der Waals surface area contributed by atoms with Gasteiger partial charge >= 0.3 is 0 Å². The summed E-state index contributed by atoms with van der Waals surface area (Å²) in [4.78, 5) is 0. The average Bonchev–Trinajstić information content (AvgIpc) is 2.77. The molecule has 0 aromatic heterocycles. The van der Waals surface area contributed by atoms with Crippen LogP contribution >= 0.6 is 0 Å². The number of aryl methyl sites for hydroxylation is 2. The van der Waals surface area contributed by atoms with Gasteiger partial charge in [0.05, 0.1) is 13.5 Å². The fourth-order valence-corrected chi connectivity index (χ4v) is 3.15. The molecule has 0 fully saturated rings. The standard InChI is InChI=1S/C19H23N2/c1-14-9-11-16(12-10-14)18-13-19(21(4)20(18)3)17-8-6-5-7-15(17)2/h5-12,18H,13H2,1-4H3/q+1. The van der Waals surface area contributed by atoms with E-state index in [1.54, 1.807) is 0 Å². The molecule has 2 aromatic rings. The third-order valence-electron chi connectivity index (χ3n) is 4.62. The third kappa shape index (κ3) is 2.46. The van der Waals surface area contributed by atoms with E-state index in [1.807, 2.05) is 0 Å². The Bertz CT molecular complexity index is 683. The average molecular weight is 279 g/mol. The van der Waals surface area contributed by atoms with Gasteiger partial charge in [0.1, 0.15) is 6.04 Å². The Kier molecular flexibility index (Phi) is 3.54. The lowest BCUT2D eigenvalue weighted by molar-refractivity contribution is -0.660. The van der Waals surface area contributed by atoms with Crippen molar-refractivity contribution in [2.45, 2.75) is 26.3 Å². The van der Waals surface area contributed by atoms with Crippen LogP contribution < -0.4 is 0 Å². The van der Waals surface area contributed by atoms with Crippen molar-refractivity contribution in [3.8, 4) is 0 Å². The lowest BCUT2D eigenvalue weighted by Gasteiger charge is -2.17. The van der Waals surface area contributed by atoms with Crippen molar-refractivity contribution in [3.05, 3.63) is 70.8 Å². The molecule has 0 amide bonds. The normalized spacial score (nSPS) is 18.5. The molecule has 0 bridgehead atoms. The van der Waals surface area contributed by atoms with E-state index in [0.717, 1.165) is 6.42 Å². The minimum atomic E-state index is 0.421. The molecule has 3 rings (SSSR count). The van der Waals surface area contributed by atoms with Crippen molar-refractivity contribution in [2.24, 2.45) is 0 Å². The summed E-state index contributed by atoms with van der Waals surface area (Å²) in [6, 6.07) is 18.0. The van der Waals surface area contributed by atoms with Crippen LogP contribution in [-0.2, 0) is 0 Å². The minimum Gasteiger partial charge on any atom is -0.181 e.